The van der Waals surface area contributed by atoms with Gasteiger partial charge in [0.15, 0.2) is 0 Å². The third kappa shape index (κ3) is 25.3. The quantitative estimate of drug-likeness (QED) is 0.0357. The van der Waals surface area contributed by atoms with Gasteiger partial charge < -0.3 is 26.0 Å². The summed E-state index contributed by atoms with van der Waals surface area (Å²) in [6, 6.07) is -1.74. The summed E-state index contributed by atoms with van der Waals surface area (Å²) in [5.41, 5.74) is 0. The number of amides is 2. The molecule has 41 heavy (non-hydrogen) atoms. The molecule has 0 aliphatic rings. The van der Waals surface area contributed by atoms with Crippen LogP contribution in [0.3, 0.4) is 0 Å². The molecule has 0 aliphatic carbocycles. The zero-order valence-corrected chi connectivity index (χ0v) is 26.1. The molecule has 10 nitrogen and oxygen atoms in total. The molecule has 0 aromatic rings. The Bertz CT molecular complexity index is 752. The molecule has 11 heteroatoms. The molecule has 0 bridgehead atoms. The minimum absolute atomic E-state index is 0.00955. The van der Waals surface area contributed by atoms with Crippen molar-refractivity contribution in [3.63, 3.8) is 0 Å². The van der Waals surface area contributed by atoms with Crippen molar-refractivity contribution in [2.45, 2.75) is 147 Å². The van der Waals surface area contributed by atoms with Gasteiger partial charge in [0.05, 0.1) is 5.76 Å². The van der Waals surface area contributed by atoms with Gasteiger partial charge in [0.2, 0.25) is 11.8 Å². The van der Waals surface area contributed by atoms with Gasteiger partial charge in [0.1, 0.15) is 12.1 Å². The Hall–Kier alpha value is -2.19. The first-order valence-electron chi connectivity index (χ1n) is 15.5. The molecule has 6 N–H and O–H groups in total. The van der Waals surface area contributed by atoms with Crippen LogP contribution in [0.1, 0.15) is 135 Å². The third-order valence-corrected chi connectivity index (χ3v) is 7.56. The average molecular weight is 602 g/mol. The van der Waals surface area contributed by atoms with Crippen LogP contribution in [0.15, 0.2) is 12.3 Å². The second kappa shape index (κ2) is 26.7. The van der Waals surface area contributed by atoms with Gasteiger partial charge in [-0.1, -0.05) is 93.0 Å². The molecule has 0 heterocycles. The fourth-order valence-corrected chi connectivity index (χ4v) is 4.91. The highest BCUT2D eigenvalue weighted by Crippen LogP contribution is 2.14. The van der Waals surface area contributed by atoms with Crippen LogP contribution < -0.4 is 15.7 Å². The standard InChI is InChI=1S/C30H56N3O7P/c1-24(34)18-14-12-10-8-6-4-2-3-5-7-9-11-13-15-20-28(36)32-25(29(37)38)21-22-27(35)31-23-17-16-19-26(33-41)30(39)40/h25-26,33-34H,1-23,41H2,(H,31,35)(H,32,36)(H,37,38)(H,39,40)/t25-,26-/m0/s1. The predicted molar refractivity (Wildman–Crippen MR) is 166 cm³/mol. The van der Waals surface area contributed by atoms with E-state index in [4.69, 9.17) is 10.2 Å². The van der Waals surface area contributed by atoms with E-state index in [2.05, 4.69) is 31.7 Å². The Kier molecular flexibility index (Phi) is 25.3. The van der Waals surface area contributed by atoms with E-state index in [1.807, 2.05) is 0 Å². The van der Waals surface area contributed by atoms with Crippen LogP contribution in [0.2, 0.25) is 0 Å². The molecule has 0 saturated carbocycles. The monoisotopic (exact) mass is 601 g/mol. The van der Waals surface area contributed by atoms with Gasteiger partial charge in [-0.05, 0) is 38.5 Å². The van der Waals surface area contributed by atoms with Gasteiger partial charge in [-0.3, -0.25) is 19.5 Å². The van der Waals surface area contributed by atoms with Gasteiger partial charge in [-0.15, -0.1) is 0 Å². The van der Waals surface area contributed by atoms with Crippen LogP contribution >= 0.6 is 9.39 Å². The fourth-order valence-electron chi connectivity index (χ4n) is 4.60. The summed E-state index contributed by atoms with van der Waals surface area (Å²) in [4.78, 5) is 46.7. The van der Waals surface area contributed by atoms with E-state index in [1.165, 1.54) is 57.8 Å². The molecule has 0 aromatic heterocycles. The maximum Gasteiger partial charge on any atom is 0.326 e. The van der Waals surface area contributed by atoms with Crippen LogP contribution in [0.5, 0.6) is 0 Å². The summed E-state index contributed by atoms with van der Waals surface area (Å²) >= 11 is 0. The molecule has 0 radical (unpaired) electrons. The minimum Gasteiger partial charge on any atom is -0.513 e. The van der Waals surface area contributed by atoms with E-state index < -0.39 is 24.0 Å². The molecule has 238 valence electrons. The number of aliphatic hydroxyl groups excluding tert-OH is 1. The molecular formula is C30H56N3O7P. The van der Waals surface area contributed by atoms with Crippen LogP contribution in [-0.2, 0) is 19.2 Å². The van der Waals surface area contributed by atoms with Gasteiger partial charge in [-0.25, -0.2) is 4.79 Å². The van der Waals surface area contributed by atoms with E-state index in [-0.39, 0.29) is 31.1 Å². The normalized spacial score (nSPS) is 12.4. The van der Waals surface area contributed by atoms with Gasteiger partial charge in [-0.2, -0.15) is 0 Å². The minimum atomic E-state index is -1.15. The number of rotatable bonds is 29. The Balaban J connectivity index is 3.73. The van der Waals surface area contributed by atoms with Crippen molar-refractivity contribution < 1.29 is 34.5 Å². The molecule has 0 aliphatic heterocycles. The van der Waals surface area contributed by atoms with Crippen LogP contribution in [0, 0.1) is 0 Å². The summed E-state index contributed by atoms with van der Waals surface area (Å²) in [5.74, 6) is -2.38. The van der Waals surface area contributed by atoms with Gasteiger partial charge in [0, 0.05) is 25.8 Å². The molecule has 0 rings (SSSR count). The molecule has 0 spiro atoms. The Morgan fingerprint density at radius 3 is 1.46 bits per heavy atom. The second-order valence-electron chi connectivity index (χ2n) is 10.9. The number of carbonyl (C=O) groups excluding carboxylic acids is 2. The molecule has 0 aromatic carbocycles. The van der Waals surface area contributed by atoms with Crippen molar-refractivity contribution >= 4 is 33.1 Å². The third-order valence-electron chi connectivity index (χ3n) is 7.15. The van der Waals surface area contributed by atoms with Gasteiger partial charge in [0.25, 0.3) is 0 Å². The largest absolute Gasteiger partial charge is 0.513 e. The van der Waals surface area contributed by atoms with Crippen LogP contribution in [0.4, 0.5) is 0 Å². The summed E-state index contributed by atoms with van der Waals surface area (Å²) in [7, 11) is 2.19. The number of carboxylic acid groups (broad SMARTS) is 2. The molecule has 3 atom stereocenters. The Morgan fingerprint density at radius 1 is 0.561 bits per heavy atom. The molecule has 2 amide bonds. The summed E-state index contributed by atoms with van der Waals surface area (Å²) in [6.45, 7) is 3.89. The number of hydrogen-bond acceptors (Lipinski definition) is 6. The lowest BCUT2D eigenvalue weighted by Crippen LogP contribution is -2.41. The Labute approximate surface area is 249 Å². The molecule has 0 fully saturated rings. The lowest BCUT2D eigenvalue weighted by Gasteiger charge is -2.14. The number of aliphatic carboxylic acids is 2. The molecule has 0 saturated heterocycles. The van der Waals surface area contributed by atoms with Crippen molar-refractivity contribution in [3.8, 4) is 0 Å². The van der Waals surface area contributed by atoms with E-state index in [0.717, 1.165) is 38.5 Å². The number of allylic oxidation sites excluding steroid dienone is 1. The number of unbranched alkanes of at least 4 members (excludes halogenated alkanes) is 14. The summed E-state index contributed by atoms with van der Waals surface area (Å²) in [5, 5.41) is 35.3. The predicted octanol–water partition coefficient (Wildman–Crippen LogP) is 5.77. The first-order valence-corrected chi connectivity index (χ1v) is 16.1. The molecule has 1 unspecified atom stereocenters. The number of aliphatic hydroxyl groups is 1. The van der Waals surface area contributed by atoms with Crippen molar-refractivity contribution in [2.75, 3.05) is 6.54 Å². The van der Waals surface area contributed by atoms with E-state index in [9.17, 15) is 24.3 Å². The first-order chi connectivity index (χ1) is 19.7. The maximum atomic E-state index is 12.2. The highest BCUT2D eigenvalue weighted by atomic mass is 31.0. The molecular weight excluding hydrogens is 545 g/mol. The Morgan fingerprint density at radius 2 is 1.02 bits per heavy atom. The highest BCUT2D eigenvalue weighted by Gasteiger charge is 2.21. The SMILES string of the molecule is C=C(O)CCCCCCCCCCCCCCCCC(=O)N[C@@H](CCC(=O)NCCCC[C@H](NP)C(=O)O)C(=O)O. The maximum absolute atomic E-state index is 12.2. The zero-order valence-electron chi connectivity index (χ0n) is 25.0. The van der Waals surface area contributed by atoms with Crippen molar-refractivity contribution in [1.82, 2.24) is 15.7 Å². The topological polar surface area (TPSA) is 165 Å². The lowest BCUT2D eigenvalue weighted by atomic mass is 10.0. The fraction of sp³-hybridized carbons (Fsp3) is 0.800. The zero-order chi connectivity index (χ0) is 30.7. The summed E-state index contributed by atoms with van der Waals surface area (Å²) in [6.07, 6.45) is 18.9. The lowest BCUT2D eigenvalue weighted by molar-refractivity contribution is -0.142. The number of nitrogens with one attached hydrogen (secondary N) is 3. The number of hydrogen-bond donors (Lipinski definition) is 6. The van der Waals surface area contributed by atoms with Crippen LogP contribution in [0.25, 0.3) is 0 Å². The van der Waals surface area contributed by atoms with Crippen molar-refractivity contribution in [2.24, 2.45) is 0 Å². The number of carbonyl (C=O) groups is 4. The van der Waals surface area contributed by atoms with E-state index in [1.54, 1.807) is 0 Å². The second-order valence-corrected chi connectivity index (χ2v) is 11.2. The summed E-state index contributed by atoms with van der Waals surface area (Å²) < 4.78 is 0. The van der Waals surface area contributed by atoms with E-state index >= 15 is 0 Å². The highest BCUT2D eigenvalue weighted by molar-refractivity contribution is 7.13. The van der Waals surface area contributed by atoms with Crippen molar-refractivity contribution in [1.29, 1.82) is 0 Å². The van der Waals surface area contributed by atoms with Gasteiger partial charge >= 0.3 is 11.9 Å². The first kappa shape index (κ1) is 38.8. The average Bonchev–Trinajstić information content (AvgIpc) is 2.92. The number of carboxylic acids is 2. The van der Waals surface area contributed by atoms with E-state index in [0.29, 0.717) is 31.6 Å². The van der Waals surface area contributed by atoms with Crippen LogP contribution in [-0.4, -0.2) is 57.7 Å². The smallest absolute Gasteiger partial charge is 0.326 e. The van der Waals surface area contributed by atoms with Crippen molar-refractivity contribution in [3.05, 3.63) is 12.3 Å².